The molecule has 1 aliphatic heterocycles. The average Bonchev–Trinajstić information content (AvgIpc) is 3.51. The number of aryl methyl sites for hydroxylation is 1. The lowest BCUT2D eigenvalue weighted by atomic mass is 10.0. The number of benzene rings is 3. The molecule has 12 nitrogen and oxygen atoms in total. The highest BCUT2D eigenvalue weighted by Crippen LogP contribution is 2.20. The van der Waals surface area contributed by atoms with Crippen LogP contribution >= 0.6 is 12.4 Å². The van der Waals surface area contributed by atoms with Crippen LogP contribution in [-0.2, 0) is 27.3 Å². The lowest BCUT2D eigenvalue weighted by molar-refractivity contribution is -0.137. The number of fused-ring (bicyclic) bond motifs is 2. The molecular formula is C35H40ClFN8O4. The summed E-state index contributed by atoms with van der Waals surface area (Å²) in [5.74, 6) is -2.03. The van der Waals surface area contributed by atoms with Gasteiger partial charge in [0.05, 0.1) is 24.2 Å². The van der Waals surface area contributed by atoms with Crippen LogP contribution in [0.5, 0.6) is 0 Å². The van der Waals surface area contributed by atoms with Crippen LogP contribution in [0.3, 0.4) is 0 Å². The quantitative estimate of drug-likeness (QED) is 0.250. The number of carbonyl (C=O) groups excluding carboxylic acids is 4. The molecule has 0 spiro atoms. The number of hydrogen-bond acceptors (Lipinski definition) is 7. The topological polar surface area (TPSA) is 164 Å². The van der Waals surface area contributed by atoms with E-state index in [9.17, 15) is 23.6 Å². The number of nitrogens with zero attached hydrogens (tertiary/aromatic N) is 4. The Morgan fingerprint density at radius 1 is 1.02 bits per heavy atom. The van der Waals surface area contributed by atoms with E-state index < -0.39 is 47.6 Å². The number of hydrogen-bond donors (Lipinski definition) is 4. The van der Waals surface area contributed by atoms with Gasteiger partial charge in [0.25, 0.3) is 5.91 Å². The van der Waals surface area contributed by atoms with E-state index in [2.05, 4.69) is 26.0 Å². The first-order valence-electron chi connectivity index (χ1n) is 15.8. The molecule has 14 heteroatoms. The Hall–Kier alpha value is -5.14. The van der Waals surface area contributed by atoms with Crippen molar-refractivity contribution < 1.29 is 23.6 Å². The van der Waals surface area contributed by atoms with E-state index in [-0.39, 0.29) is 44.1 Å². The van der Waals surface area contributed by atoms with Gasteiger partial charge >= 0.3 is 0 Å². The van der Waals surface area contributed by atoms with Crippen LogP contribution in [0.2, 0.25) is 0 Å². The summed E-state index contributed by atoms with van der Waals surface area (Å²) in [5, 5.41) is 12.9. The molecule has 0 fully saturated rings. The fourth-order valence-corrected chi connectivity index (χ4v) is 5.43. The normalized spacial score (nSPS) is 18.3. The summed E-state index contributed by atoms with van der Waals surface area (Å²) in [5.41, 5.74) is 8.17. The first-order chi connectivity index (χ1) is 23.1. The highest BCUT2D eigenvalue weighted by molar-refractivity contribution is 5.98. The molecule has 3 aromatic carbocycles. The Morgan fingerprint density at radius 2 is 1.71 bits per heavy atom. The largest absolute Gasteiger partial charge is 0.355 e. The summed E-state index contributed by atoms with van der Waals surface area (Å²) in [6, 6.07) is 20.2. The smallest absolute Gasteiger partial charge is 0.254 e. The summed E-state index contributed by atoms with van der Waals surface area (Å²) < 4.78 is 16.1. The standard InChI is InChI=1S/C35H39FN8O4.ClH/c1-22(37)33-41-32(26-13-7-4-8-14-26)42-44(33)21-31(46)43-19-29(25-11-5-3-6-12-25)40-34(47)23(2)39-35(48)27-18-24(15-16-28(27)36)10-9-17-38-30(45)20-43;/h3-8,11-16,18,22-23,29H,9-10,17,19-21,37H2,1-2H3,(H,38,45)(H,39,48)(H,40,47);1H/t22-,23+,29+;/m0./s1. The number of aromatic nitrogens is 3. The molecule has 0 radical (unpaired) electrons. The van der Waals surface area contributed by atoms with Gasteiger partial charge in [-0.15, -0.1) is 12.4 Å². The Kier molecular flexibility index (Phi) is 12.6. The third kappa shape index (κ3) is 9.48. The van der Waals surface area contributed by atoms with Crippen molar-refractivity contribution in [3.63, 3.8) is 0 Å². The van der Waals surface area contributed by atoms with Gasteiger partial charge in [0, 0.05) is 18.7 Å². The summed E-state index contributed by atoms with van der Waals surface area (Å²) in [7, 11) is 0. The van der Waals surface area contributed by atoms with Gasteiger partial charge in [-0.05, 0) is 49.9 Å². The number of amides is 4. The second kappa shape index (κ2) is 16.8. The van der Waals surface area contributed by atoms with E-state index in [0.29, 0.717) is 35.6 Å². The van der Waals surface area contributed by atoms with E-state index in [1.54, 1.807) is 37.3 Å². The van der Waals surface area contributed by atoms with Gasteiger partial charge in [-0.3, -0.25) is 19.2 Å². The highest BCUT2D eigenvalue weighted by atomic mass is 35.5. The zero-order chi connectivity index (χ0) is 34.2. The van der Waals surface area contributed by atoms with Crippen LogP contribution in [-0.4, -0.2) is 69.0 Å². The van der Waals surface area contributed by atoms with Gasteiger partial charge in [0.2, 0.25) is 17.7 Å². The Balaban J connectivity index is 0.00000541. The van der Waals surface area contributed by atoms with E-state index in [1.165, 1.54) is 28.6 Å². The van der Waals surface area contributed by atoms with Crippen molar-refractivity contribution in [3.05, 3.63) is 107 Å². The molecule has 5 N–H and O–H groups in total. The number of carbonyl (C=O) groups is 4. The van der Waals surface area contributed by atoms with Crippen molar-refractivity contribution in [3.8, 4) is 11.4 Å². The van der Waals surface area contributed by atoms with Gasteiger partial charge in [-0.1, -0.05) is 66.7 Å². The maximum Gasteiger partial charge on any atom is 0.254 e. The predicted molar refractivity (Wildman–Crippen MR) is 184 cm³/mol. The van der Waals surface area contributed by atoms with Crippen molar-refractivity contribution in [1.29, 1.82) is 0 Å². The van der Waals surface area contributed by atoms with Crippen LogP contribution in [0.4, 0.5) is 4.39 Å². The minimum atomic E-state index is -1.05. The molecule has 3 atom stereocenters. The van der Waals surface area contributed by atoms with Crippen LogP contribution < -0.4 is 21.7 Å². The fraction of sp³-hybridized carbons (Fsp3) is 0.314. The molecule has 49 heavy (non-hydrogen) atoms. The molecule has 258 valence electrons. The second-order valence-corrected chi connectivity index (χ2v) is 11.8. The van der Waals surface area contributed by atoms with Gasteiger partial charge in [-0.2, -0.15) is 5.10 Å². The number of rotatable bonds is 5. The van der Waals surface area contributed by atoms with Crippen molar-refractivity contribution in [2.45, 2.75) is 51.4 Å². The molecule has 0 unspecified atom stereocenters. The molecule has 1 aromatic heterocycles. The van der Waals surface area contributed by atoms with E-state index in [1.807, 2.05) is 36.4 Å². The molecule has 0 saturated carbocycles. The van der Waals surface area contributed by atoms with Crippen LogP contribution in [0.25, 0.3) is 11.4 Å². The number of nitrogens with two attached hydrogens (primary N) is 1. The monoisotopic (exact) mass is 690 g/mol. The van der Waals surface area contributed by atoms with Gasteiger partial charge in [0.15, 0.2) is 5.82 Å². The lowest BCUT2D eigenvalue weighted by Gasteiger charge is -2.29. The summed E-state index contributed by atoms with van der Waals surface area (Å²) in [6.07, 6.45) is 0.972. The maximum atomic E-state index is 14.6. The van der Waals surface area contributed by atoms with Crippen molar-refractivity contribution in [2.24, 2.45) is 5.73 Å². The SMILES string of the molecule is C[C@H](N)c1nc(-c2ccccc2)nn1CC(=O)N1CC(=O)NCCCc2ccc(F)c(c2)C(=O)N[C@H](C)C(=O)N[C@@H](c2ccccc2)C1.Cl. The maximum absolute atomic E-state index is 14.6. The Bertz CT molecular complexity index is 1770. The van der Waals surface area contributed by atoms with E-state index in [4.69, 9.17) is 5.73 Å². The Labute approximate surface area is 290 Å². The average molecular weight is 691 g/mol. The zero-order valence-corrected chi connectivity index (χ0v) is 28.1. The minimum absolute atomic E-state index is 0. The minimum Gasteiger partial charge on any atom is -0.355 e. The predicted octanol–water partition coefficient (Wildman–Crippen LogP) is 3.09. The van der Waals surface area contributed by atoms with Gasteiger partial charge in [-0.25, -0.2) is 14.1 Å². The van der Waals surface area contributed by atoms with Crippen molar-refractivity contribution in [2.75, 3.05) is 19.6 Å². The van der Waals surface area contributed by atoms with Gasteiger partial charge < -0.3 is 26.6 Å². The van der Waals surface area contributed by atoms with Crippen LogP contribution in [0.1, 0.15) is 59.7 Å². The third-order valence-corrected chi connectivity index (χ3v) is 8.01. The van der Waals surface area contributed by atoms with E-state index >= 15 is 0 Å². The van der Waals surface area contributed by atoms with Crippen molar-refractivity contribution in [1.82, 2.24) is 35.6 Å². The second-order valence-electron chi connectivity index (χ2n) is 11.8. The van der Waals surface area contributed by atoms with Crippen molar-refractivity contribution >= 4 is 36.0 Å². The van der Waals surface area contributed by atoms with Crippen LogP contribution in [0.15, 0.2) is 78.9 Å². The first-order valence-corrected chi connectivity index (χ1v) is 15.8. The summed E-state index contributed by atoms with van der Waals surface area (Å²) in [6.45, 7) is 2.89. The Morgan fingerprint density at radius 3 is 2.41 bits per heavy atom. The molecule has 0 saturated heterocycles. The molecule has 5 rings (SSSR count). The van der Waals surface area contributed by atoms with Crippen LogP contribution in [0, 0.1) is 5.82 Å². The molecule has 0 aliphatic carbocycles. The highest BCUT2D eigenvalue weighted by Gasteiger charge is 2.28. The third-order valence-electron chi connectivity index (χ3n) is 8.01. The zero-order valence-electron chi connectivity index (χ0n) is 27.3. The fourth-order valence-electron chi connectivity index (χ4n) is 5.43. The molecule has 2 heterocycles. The lowest BCUT2D eigenvalue weighted by Crippen LogP contribution is -2.50. The van der Waals surface area contributed by atoms with Gasteiger partial charge in [0.1, 0.15) is 24.2 Å². The van der Waals surface area contributed by atoms with E-state index in [0.717, 1.165) is 5.56 Å². The first kappa shape index (κ1) is 36.7. The number of halogens is 2. The molecule has 4 amide bonds. The molecule has 4 aromatic rings. The summed E-state index contributed by atoms with van der Waals surface area (Å²) >= 11 is 0. The molecular weight excluding hydrogens is 651 g/mol. The number of nitrogens with one attached hydrogen (secondary N) is 3. The molecule has 1 aliphatic rings. The molecule has 2 bridgehead atoms. The summed E-state index contributed by atoms with van der Waals surface area (Å²) in [4.78, 5) is 59.7.